The summed E-state index contributed by atoms with van der Waals surface area (Å²) in [7, 11) is 2.05. The number of hydrogen-bond acceptors (Lipinski definition) is 7. The van der Waals surface area contributed by atoms with Gasteiger partial charge in [0.15, 0.2) is 4.96 Å². The molecule has 8 nitrogen and oxygen atoms in total. The Kier molecular flexibility index (Phi) is 4.94. The minimum Gasteiger partial charge on any atom is -0.363 e. The molecule has 4 aromatic rings. The molecule has 5 rings (SSSR count). The highest BCUT2D eigenvalue weighted by Crippen LogP contribution is 2.30. The lowest BCUT2D eigenvalue weighted by Gasteiger charge is -2.33. The van der Waals surface area contributed by atoms with Gasteiger partial charge in [0, 0.05) is 32.2 Å². The van der Waals surface area contributed by atoms with Gasteiger partial charge in [-0.1, -0.05) is 17.4 Å². The van der Waals surface area contributed by atoms with Crippen molar-refractivity contribution in [2.75, 3.05) is 38.1 Å². The Morgan fingerprint density at radius 2 is 1.81 bits per heavy atom. The molecule has 1 saturated heterocycles. The molecular formula is C23H23N5O3S. The Morgan fingerprint density at radius 1 is 1.09 bits per heavy atom. The zero-order chi connectivity index (χ0) is 22.6. The summed E-state index contributed by atoms with van der Waals surface area (Å²) in [4.78, 5) is 34.1. The van der Waals surface area contributed by atoms with Crippen molar-refractivity contribution in [1.82, 2.24) is 14.3 Å². The van der Waals surface area contributed by atoms with E-state index in [0.29, 0.717) is 20.7 Å². The van der Waals surface area contributed by atoms with Crippen LogP contribution in [0, 0.1) is 24.0 Å². The number of fused-ring (bicyclic) bond motifs is 3. The number of nitro benzene ring substituents is 1. The molecule has 0 aliphatic carbocycles. The van der Waals surface area contributed by atoms with Crippen LogP contribution in [0.5, 0.6) is 0 Å². The summed E-state index contributed by atoms with van der Waals surface area (Å²) in [6, 6.07) is 9.17. The van der Waals surface area contributed by atoms with Crippen LogP contribution in [0.1, 0.15) is 16.7 Å². The van der Waals surface area contributed by atoms with Crippen LogP contribution in [-0.4, -0.2) is 52.4 Å². The van der Waals surface area contributed by atoms with Crippen LogP contribution in [0.25, 0.3) is 22.1 Å². The van der Waals surface area contributed by atoms with E-state index in [1.54, 1.807) is 22.6 Å². The van der Waals surface area contributed by atoms with Crippen LogP contribution in [0.2, 0.25) is 0 Å². The van der Waals surface area contributed by atoms with Gasteiger partial charge in [0.05, 0.1) is 20.5 Å². The highest BCUT2D eigenvalue weighted by Gasteiger charge is 2.23. The second kappa shape index (κ2) is 7.68. The van der Waals surface area contributed by atoms with Gasteiger partial charge in [0.25, 0.3) is 11.2 Å². The van der Waals surface area contributed by atoms with E-state index in [2.05, 4.69) is 14.8 Å². The minimum atomic E-state index is -0.344. The fraction of sp³-hybridized carbons (Fsp3) is 0.304. The molecular weight excluding hydrogens is 426 g/mol. The standard InChI is InChI=1S/C23H23N5O3S/c1-14-10-17-19(11-15(14)2)27-22(29)21(32-23(27)24-17)13-16-4-5-18(20(12-16)28(30)31)26-8-6-25(3)7-9-26/h4-5,10-13H,6-9H2,1-3H3/b21-13-. The van der Waals surface area contributed by atoms with Gasteiger partial charge in [-0.05, 0) is 61.9 Å². The molecule has 0 saturated carbocycles. The van der Waals surface area contributed by atoms with E-state index in [4.69, 9.17) is 0 Å². The van der Waals surface area contributed by atoms with Gasteiger partial charge in [-0.15, -0.1) is 0 Å². The van der Waals surface area contributed by atoms with E-state index in [-0.39, 0.29) is 16.2 Å². The molecule has 3 heterocycles. The van der Waals surface area contributed by atoms with Crippen LogP contribution in [0.15, 0.2) is 35.1 Å². The number of nitrogens with zero attached hydrogens (tertiary/aromatic N) is 5. The first kappa shape index (κ1) is 20.6. The number of likely N-dealkylation sites (N-methyl/N-ethyl adjacent to an activating group) is 1. The number of aryl methyl sites for hydroxylation is 2. The van der Waals surface area contributed by atoms with E-state index in [0.717, 1.165) is 48.3 Å². The third kappa shape index (κ3) is 3.43. The number of anilines is 1. The Labute approximate surface area is 188 Å². The Balaban J connectivity index is 1.59. The van der Waals surface area contributed by atoms with Gasteiger partial charge in [0.2, 0.25) is 0 Å². The largest absolute Gasteiger partial charge is 0.363 e. The van der Waals surface area contributed by atoms with Gasteiger partial charge < -0.3 is 9.80 Å². The molecule has 164 valence electrons. The van der Waals surface area contributed by atoms with Crippen LogP contribution < -0.4 is 15.0 Å². The summed E-state index contributed by atoms with van der Waals surface area (Å²) in [6.07, 6.45) is 1.72. The van der Waals surface area contributed by atoms with Crippen molar-refractivity contribution in [3.8, 4) is 0 Å². The number of thiazole rings is 1. The molecule has 9 heteroatoms. The zero-order valence-corrected chi connectivity index (χ0v) is 19.0. The van der Waals surface area contributed by atoms with Crippen molar-refractivity contribution >= 4 is 44.8 Å². The number of imidazole rings is 1. The molecule has 2 aromatic carbocycles. The summed E-state index contributed by atoms with van der Waals surface area (Å²) in [5, 5.41) is 11.8. The zero-order valence-electron chi connectivity index (χ0n) is 18.2. The van der Waals surface area contributed by atoms with Gasteiger partial charge in [-0.25, -0.2) is 9.38 Å². The minimum absolute atomic E-state index is 0.0636. The maximum absolute atomic E-state index is 13.1. The first-order valence-corrected chi connectivity index (χ1v) is 11.3. The van der Waals surface area contributed by atoms with E-state index in [1.165, 1.54) is 11.3 Å². The van der Waals surface area contributed by atoms with Crippen molar-refractivity contribution in [2.45, 2.75) is 13.8 Å². The lowest BCUT2D eigenvalue weighted by Crippen LogP contribution is -2.44. The van der Waals surface area contributed by atoms with E-state index < -0.39 is 0 Å². The third-order valence-electron chi connectivity index (χ3n) is 6.19. The van der Waals surface area contributed by atoms with Crippen LogP contribution in [0.4, 0.5) is 11.4 Å². The van der Waals surface area contributed by atoms with Crippen LogP contribution in [0.3, 0.4) is 0 Å². The van der Waals surface area contributed by atoms with Crippen molar-refractivity contribution in [2.24, 2.45) is 0 Å². The molecule has 1 aliphatic heterocycles. The highest BCUT2D eigenvalue weighted by molar-refractivity contribution is 7.15. The monoisotopic (exact) mass is 449 g/mol. The second-order valence-corrected chi connectivity index (χ2v) is 9.38. The molecule has 0 unspecified atom stereocenters. The van der Waals surface area contributed by atoms with E-state index >= 15 is 0 Å². The summed E-state index contributed by atoms with van der Waals surface area (Å²) >= 11 is 1.30. The summed E-state index contributed by atoms with van der Waals surface area (Å²) in [6.45, 7) is 7.27. The Bertz CT molecular complexity index is 1480. The molecule has 0 spiro atoms. The van der Waals surface area contributed by atoms with Crippen LogP contribution in [-0.2, 0) is 0 Å². The molecule has 0 atom stereocenters. The van der Waals surface area contributed by atoms with E-state index in [9.17, 15) is 14.9 Å². The summed E-state index contributed by atoms with van der Waals surface area (Å²) < 4.78 is 2.14. The third-order valence-corrected chi connectivity index (χ3v) is 7.16. The van der Waals surface area contributed by atoms with Crippen molar-refractivity contribution < 1.29 is 4.92 Å². The predicted molar refractivity (Wildman–Crippen MR) is 128 cm³/mol. The van der Waals surface area contributed by atoms with Crippen molar-refractivity contribution in [3.05, 3.63) is 72.0 Å². The van der Waals surface area contributed by atoms with Gasteiger partial charge in [-0.3, -0.25) is 14.9 Å². The average molecular weight is 450 g/mol. The van der Waals surface area contributed by atoms with Crippen molar-refractivity contribution in [3.63, 3.8) is 0 Å². The molecule has 0 radical (unpaired) electrons. The number of nitro groups is 1. The van der Waals surface area contributed by atoms with Gasteiger partial charge >= 0.3 is 0 Å². The number of aromatic nitrogens is 2. The predicted octanol–water partition coefficient (Wildman–Crippen LogP) is 2.73. The molecule has 0 amide bonds. The summed E-state index contributed by atoms with van der Waals surface area (Å²) in [5.74, 6) is 0. The lowest BCUT2D eigenvalue weighted by atomic mass is 10.1. The smallest absolute Gasteiger partial charge is 0.293 e. The molecule has 1 aliphatic rings. The van der Waals surface area contributed by atoms with Gasteiger partial charge in [0.1, 0.15) is 5.69 Å². The maximum Gasteiger partial charge on any atom is 0.293 e. The molecule has 2 aromatic heterocycles. The molecule has 0 bridgehead atoms. The SMILES string of the molecule is Cc1cc2nc3s/c(=C\c4ccc(N5CCN(C)CC5)c([N+](=O)[O-])c4)c(=O)n3c2cc1C. The fourth-order valence-corrected chi connectivity index (χ4v) is 5.15. The molecule has 32 heavy (non-hydrogen) atoms. The highest BCUT2D eigenvalue weighted by atomic mass is 32.1. The molecule has 0 N–H and O–H groups in total. The number of rotatable bonds is 3. The second-order valence-electron chi connectivity index (χ2n) is 8.37. The average Bonchev–Trinajstić information content (AvgIpc) is 3.25. The van der Waals surface area contributed by atoms with Gasteiger partial charge in [-0.2, -0.15) is 0 Å². The van der Waals surface area contributed by atoms with Crippen LogP contribution >= 0.6 is 11.3 Å². The van der Waals surface area contributed by atoms with E-state index in [1.807, 2.05) is 39.1 Å². The molecule has 1 fully saturated rings. The quantitative estimate of drug-likeness (QED) is 0.353. The first-order chi connectivity index (χ1) is 15.3. The fourth-order valence-electron chi connectivity index (χ4n) is 4.16. The number of piperazine rings is 1. The number of hydrogen-bond donors (Lipinski definition) is 0. The lowest BCUT2D eigenvalue weighted by molar-refractivity contribution is -0.384. The first-order valence-electron chi connectivity index (χ1n) is 10.5. The summed E-state index contributed by atoms with van der Waals surface area (Å²) in [5.41, 5.74) is 5.00. The Morgan fingerprint density at radius 3 is 2.53 bits per heavy atom. The van der Waals surface area contributed by atoms with Crippen molar-refractivity contribution in [1.29, 1.82) is 0 Å². The Hall–Kier alpha value is -3.30. The topological polar surface area (TPSA) is 84.0 Å². The number of benzene rings is 2. The maximum atomic E-state index is 13.1. The normalized spacial score (nSPS) is 15.8.